The number of carbonyl (C=O) groups is 3. The number of benzene rings is 1. The zero-order chi connectivity index (χ0) is 25.1. The Morgan fingerprint density at radius 2 is 1.21 bits per heavy atom. The number of esters is 3. The first kappa shape index (κ1) is 26.9. The van der Waals surface area contributed by atoms with Crippen molar-refractivity contribution in [3.63, 3.8) is 0 Å². The van der Waals surface area contributed by atoms with Crippen molar-refractivity contribution in [2.75, 3.05) is 0 Å². The Bertz CT molecular complexity index is 864. The summed E-state index contributed by atoms with van der Waals surface area (Å²) in [6.45, 7) is 8.10. The van der Waals surface area contributed by atoms with Gasteiger partial charge in [-0.1, -0.05) is 30.3 Å². The summed E-state index contributed by atoms with van der Waals surface area (Å²) in [5.41, 5.74) is 1.07. The minimum atomic E-state index is -0.587. The fourth-order valence-electron chi connectivity index (χ4n) is 3.35. The largest absolute Gasteiger partial charge is 0.496 e. The van der Waals surface area contributed by atoms with Gasteiger partial charge in [0.05, 0.1) is 19.1 Å². The molecule has 2 heterocycles. The molecule has 0 N–H and O–H groups in total. The highest BCUT2D eigenvalue weighted by atomic mass is 16.6. The van der Waals surface area contributed by atoms with E-state index in [9.17, 15) is 14.4 Å². The van der Waals surface area contributed by atoms with Gasteiger partial charge in [0.15, 0.2) is 18.3 Å². The summed E-state index contributed by atoms with van der Waals surface area (Å²) in [5, 5.41) is 0. The van der Waals surface area contributed by atoms with E-state index in [-0.39, 0.29) is 24.3 Å². The molecule has 0 spiro atoms. The van der Waals surface area contributed by atoms with E-state index in [1.807, 2.05) is 37.3 Å². The van der Waals surface area contributed by atoms with Crippen molar-refractivity contribution >= 4 is 17.9 Å². The van der Waals surface area contributed by atoms with Gasteiger partial charge in [0.2, 0.25) is 0 Å². The van der Waals surface area contributed by atoms with Crippen LogP contribution < -0.4 is 0 Å². The van der Waals surface area contributed by atoms with Crippen molar-refractivity contribution in [2.45, 2.75) is 77.8 Å². The molecule has 2 aliphatic rings. The minimum absolute atomic E-state index is 0.155. The van der Waals surface area contributed by atoms with Gasteiger partial charge in [-0.2, -0.15) is 0 Å². The first-order valence-corrected chi connectivity index (χ1v) is 11.0. The van der Waals surface area contributed by atoms with Crippen LogP contribution in [0.5, 0.6) is 0 Å². The second kappa shape index (κ2) is 13.4. The standard InChI is InChI=1S/C15H18O4.C10H14O5/c1-11-15(14(8-9-17-11)19-12(2)16)18-10-13-6-4-3-5-7-13;1-6-10(15-8(3)12)9(4-5-13-6)14-7(2)11/h3-9,11,14-15H,10H2,1-2H3;4-6,9-10H,1-3H3/t11-,14-,15-;6-,9-,10-/m00/s1. The monoisotopic (exact) mass is 476 g/mol. The van der Waals surface area contributed by atoms with Crippen LogP contribution in [-0.4, -0.2) is 54.5 Å². The highest BCUT2D eigenvalue weighted by Gasteiger charge is 2.34. The molecule has 0 unspecified atom stereocenters. The van der Waals surface area contributed by atoms with Gasteiger partial charge in [-0.25, -0.2) is 0 Å². The van der Waals surface area contributed by atoms with Crippen LogP contribution >= 0.6 is 0 Å². The molecule has 0 aliphatic carbocycles. The average Bonchev–Trinajstić information content (AvgIpc) is 2.76. The summed E-state index contributed by atoms with van der Waals surface area (Å²) in [4.78, 5) is 32.7. The lowest BCUT2D eigenvalue weighted by Crippen LogP contribution is -2.43. The molecule has 6 atom stereocenters. The Kier molecular flexibility index (Phi) is 10.6. The molecule has 9 nitrogen and oxygen atoms in total. The fraction of sp³-hybridized carbons (Fsp3) is 0.480. The van der Waals surface area contributed by atoms with E-state index in [1.54, 1.807) is 25.3 Å². The van der Waals surface area contributed by atoms with E-state index in [2.05, 4.69) is 0 Å². The predicted octanol–water partition coefficient (Wildman–Crippen LogP) is 3.22. The lowest BCUT2D eigenvalue weighted by molar-refractivity contribution is -0.172. The average molecular weight is 477 g/mol. The van der Waals surface area contributed by atoms with Crippen LogP contribution in [0.1, 0.15) is 40.2 Å². The molecule has 0 amide bonds. The Labute approximate surface area is 199 Å². The third-order valence-electron chi connectivity index (χ3n) is 4.89. The van der Waals surface area contributed by atoms with Crippen LogP contribution in [0.15, 0.2) is 55.0 Å². The molecule has 1 aromatic carbocycles. The van der Waals surface area contributed by atoms with Crippen LogP contribution in [0.25, 0.3) is 0 Å². The summed E-state index contributed by atoms with van der Waals surface area (Å²) < 4.78 is 31.6. The van der Waals surface area contributed by atoms with E-state index in [4.69, 9.17) is 28.4 Å². The molecule has 0 saturated carbocycles. The third kappa shape index (κ3) is 8.90. The molecule has 1 aromatic rings. The predicted molar refractivity (Wildman–Crippen MR) is 121 cm³/mol. The summed E-state index contributed by atoms with van der Waals surface area (Å²) in [5.74, 6) is -1.17. The molecule has 0 radical (unpaired) electrons. The van der Waals surface area contributed by atoms with E-state index in [0.29, 0.717) is 6.61 Å². The van der Waals surface area contributed by atoms with Gasteiger partial charge < -0.3 is 28.4 Å². The molecule has 186 valence electrons. The van der Waals surface area contributed by atoms with E-state index in [1.165, 1.54) is 27.0 Å². The summed E-state index contributed by atoms with van der Waals surface area (Å²) >= 11 is 0. The SMILES string of the molecule is CC(=O)O[C@H]1C=CO[C@@H](C)[C@@H]1OCc1ccccc1.CC(=O)O[C@H]1[C@H](C)OC=C[C@@H]1OC(C)=O. The maximum Gasteiger partial charge on any atom is 0.303 e. The quantitative estimate of drug-likeness (QED) is 0.452. The maximum atomic E-state index is 11.1. The van der Waals surface area contributed by atoms with Crippen molar-refractivity contribution in [1.82, 2.24) is 0 Å². The van der Waals surface area contributed by atoms with Gasteiger partial charge in [-0.15, -0.1) is 0 Å². The molecule has 3 rings (SSSR count). The summed E-state index contributed by atoms with van der Waals surface area (Å²) in [6, 6.07) is 9.86. The minimum Gasteiger partial charge on any atom is -0.496 e. The van der Waals surface area contributed by atoms with Gasteiger partial charge in [-0.05, 0) is 31.6 Å². The number of ether oxygens (including phenoxy) is 6. The van der Waals surface area contributed by atoms with Crippen LogP contribution in [0, 0.1) is 0 Å². The van der Waals surface area contributed by atoms with Crippen molar-refractivity contribution in [1.29, 1.82) is 0 Å². The number of carbonyl (C=O) groups excluding carboxylic acids is 3. The van der Waals surface area contributed by atoms with E-state index >= 15 is 0 Å². The van der Waals surface area contributed by atoms with Crippen LogP contribution in [0.2, 0.25) is 0 Å². The molecule has 0 bridgehead atoms. The second-order valence-electron chi connectivity index (χ2n) is 7.82. The topological polar surface area (TPSA) is 107 Å². The lowest BCUT2D eigenvalue weighted by atomic mass is 10.1. The maximum absolute atomic E-state index is 11.1. The van der Waals surface area contributed by atoms with Crippen LogP contribution in [0.4, 0.5) is 0 Å². The smallest absolute Gasteiger partial charge is 0.303 e. The van der Waals surface area contributed by atoms with Gasteiger partial charge in [-0.3, -0.25) is 14.4 Å². The highest BCUT2D eigenvalue weighted by Crippen LogP contribution is 2.20. The first-order chi connectivity index (χ1) is 16.2. The molecular formula is C25H32O9. The second-order valence-corrected chi connectivity index (χ2v) is 7.82. The van der Waals surface area contributed by atoms with E-state index in [0.717, 1.165) is 5.56 Å². The first-order valence-electron chi connectivity index (χ1n) is 11.0. The Morgan fingerprint density at radius 3 is 1.71 bits per heavy atom. The van der Waals surface area contributed by atoms with E-state index < -0.39 is 30.3 Å². The molecular weight excluding hydrogens is 444 g/mol. The summed E-state index contributed by atoms with van der Waals surface area (Å²) in [7, 11) is 0. The van der Waals surface area contributed by atoms with Crippen molar-refractivity contribution in [3.05, 3.63) is 60.6 Å². The highest BCUT2D eigenvalue weighted by molar-refractivity contribution is 5.67. The number of hydrogen-bond donors (Lipinski definition) is 0. The van der Waals surface area contributed by atoms with Gasteiger partial charge >= 0.3 is 17.9 Å². The van der Waals surface area contributed by atoms with Crippen molar-refractivity contribution in [2.24, 2.45) is 0 Å². The molecule has 0 saturated heterocycles. The molecule has 0 aromatic heterocycles. The van der Waals surface area contributed by atoms with Crippen molar-refractivity contribution in [3.8, 4) is 0 Å². The number of rotatable bonds is 6. The zero-order valence-corrected chi connectivity index (χ0v) is 20.0. The molecule has 9 heteroatoms. The molecule has 2 aliphatic heterocycles. The molecule has 0 fully saturated rings. The normalized spacial score (nSPS) is 27.2. The Morgan fingerprint density at radius 1 is 0.735 bits per heavy atom. The van der Waals surface area contributed by atoms with Crippen LogP contribution in [0.3, 0.4) is 0 Å². The fourth-order valence-corrected chi connectivity index (χ4v) is 3.35. The molecule has 34 heavy (non-hydrogen) atoms. The summed E-state index contributed by atoms with van der Waals surface area (Å²) in [6.07, 6.45) is 3.91. The van der Waals surface area contributed by atoms with Crippen molar-refractivity contribution < 1.29 is 42.8 Å². The lowest BCUT2D eigenvalue weighted by Gasteiger charge is -2.32. The number of hydrogen-bond acceptors (Lipinski definition) is 9. The zero-order valence-electron chi connectivity index (χ0n) is 20.0. The third-order valence-corrected chi connectivity index (χ3v) is 4.89. The Balaban J connectivity index is 0.000000248. The van der Waals surface area contributed by atoms with Gasteiger partial charge in [0.25, 0.3) is 0 Å². The van der Waals surface area contributed by atoms with Gasteiger partial charge in [0, 0.05) is 20.8 Å². The van der Waals surface area contributed by atoms with Gasteiger partial charge in [0.1, 0.15) is 18.3 Å². The van der Waals surface area contributed by atoms with Crippen LogP contribution in [-0.2, 0) is 49.4 Å². The Hall–Kier alpha value is -3.33.